The number of anilines is 1. The highest BCUT2D eigenvalue weighted by Gasteiger charge is 2.14. The van der Waals surface area contributed by atoms with Crippen LogP contribution in [-0.4, -0.2) is 32.7 Å². The van der Waals surface area contributed by atoms with Crippen molar-refractivity contribution in [3.8, 4) is 11.5 Å². The lowest BCUT2D eigenvalue weighted by Crippen LogP contribution is -2.37. The number of likely N-dealkylation sites (N-methyl/N-ethyl adjacent to an activating group) is 1. The molecule has 1 aromatic carbocycles. The van der Waals surface area contributed by atoms with Crippen LogP contribution in [0.5, 0.6) is 11.5 Å². The number of rotatable bonds is 6. The van der Waals surface area contributed by atoms with E-state index in [4.69, 9.17) is 9.47 Å². The van der Waals surface area contributed by atoms with Gasteiger partial charge in [-0.05, 0) is 32.4 Å². The predicted octanol–water partition coefficient (Wildman–Crippen LogP) is 1.95. The molecule has 1 aromatic rings. The van der Waals surface area contributed by atoms with Gasteiger partial charge in [0.25, 0.3) is 0 Å². The second-order valence-corrected chi connectivity index (χ2v) is 4.28. The van der Waals surface area contributed by atoms with Crippen LogP contribution in [0.3, 0.4) is 0 Å². The lowest BCUT2D eigenvalue weighted by molar-refractivity contribution is -0.121. The fraction of sp³-hybridized carbons (Fsp3) is 0.500. The Morgan fingerprint density at radius 3 is 2.37 bits per heavy atom. The van der Waals surface area contributed by atoms with Gasteiger partial charge in [0.15, 0.2) is 11.5 Å². The van der Waals surface area contributed by atoms with Crippen LogP contribution in [0.15, 0.2) is 12.1 Å². The maximum atomic E-state index is 11.7. The topological polar surface area (TPSA) is 59.6 Å². The monoisotopic (exact) mass is 266 g/mol. The highest BCUT2D eigenvalue weighted by atomic mass is 16.5. The van der Waals surface area contributed by atoms with Crippen molar-refractivity contribution in [1.29, 1.82) is 0 Å². The number of nitrogens with one attached hydrogen (secondary N) is 2. The van der Waals surface area contributed by atoms with Crippen molar-refractivity contribution in [3.05, 3.63) is 17.7 Å². The third kappa shape index (κ3) is 3.77. The van der Waals surface area contributed by atoms with E-state index in [1.807, 2.05) is 32.9 Å². The minimum Gasteiger partial charge on any atom is -0.493 e. The van der Waals surface area contributed by atoms with Crippen molar-refractivity contribution in [2.75, 3.05) is 26.1 Å². The van der Waals surface area contributed by atoms with Gasteiger partial charge >= 0.3 is 0 Å². The number of aryl methyl sites for hydroxylation is 1. The number of benzene rings is 1. The first-order valence-electron chi connectivity index (χ1n) is 6.30. The average Bonchev–Trinajstić information content (AvgIpc) is 2.40. The number of carbonyl (C=O) groups is 1. The van der Waals surface area contributed by atoms with Crippen LogP contribution in [0.25, 0.3) is 0 Å². The van der Waals surface area contributed by atoms with Gasteiger partial charge < -0.3 is 20.1 Å². The second kappa shape index (κ2) is 6.87. The predicted molar refractivity (Wildman–Crippen MR) is 76.1 cm³/mol. The molecule has 1 amide bonds. The van der Waals surface area contributed by atoms with Crippen molar-refractivity contribution in [2.24, 2.45) is 0 Å². The minimum absolute atomic E-state index is 0.0308. The van der Waals surface area contributed by atoms with Gasteiger partial charge in [-0.25, -0.2) is 0 Å². The summed E-state index contributed by atoms with van der Waals surface area (Å²) in [7, 11) is 3.19. The molecule has 106 valence electrons. The van der Waals surface area contributed by atoms with E-state index in [0.29, 0.717) is 18.0 Å². The number of amides is 1. The summed E-state index contributed by atoms with van der Waals surface area (Å²) in [6.07, 6.45) is 0. The van der Waals surface area contributed by atoms with Gasteiger partial charge in [-0.3, -0.25) is 4.79 Å². The summed E-state index contributed by atoms with van der Waals surface area (Å²) >= 11 is 0. The van der Waals surface area contributed by atoms with E-state index in [0.717, 1.165) is 11.3 Å². The first kappa shape index (κ1) is 15.1. The van der Waals surface area contributed by atoms with Gasteiger partial charge in [0.05, 0.1) is 14.2 Å². The van der Waals surface area contributed by atoms with Gasteiger partial charge in [-0.1, -0.05) is 0 Å². The van der Waals surface area contributed by atoms with Crippen LogP contribution >= 0.6 is 0 Å². The second-order valence-electron chi connectivity index (χ2n) is 4.28. The average molecular weight is 266 g/mol. The zero-order chi connectivity index (χ0) is 14.4. The summed E-state index contributed by atoms with van der Waals surface area (Å²) < 4.78 is 10.5. The molecule has 19 heavy (non-hydrogen) atoms. The summed E-state index contributed by atoms with van der Waals surface area (Å²) in [6.45, 7) is 6.29. The normalized spacial score (nSPS) is 11.6. The zero-order valence-corrected chi connectivity index (χ0v) is 12.2. The van der Waals surface area contributed by atoms with Crippen molar-refractivity contribution >= 4 is 11.6 Å². The smallest absolute Gasteiger partial charge is 0.242 e. The molecule has 0 heterocycles. The molecule has 0 aliphatic rings. The van der Waals surface area contributed by atoms with Crippen LogP contribution in [0, 0.1) is 6.92 Å². The molecule has 0 aliphatic heterocycles. The minimum atomic E-state index is -0.309. The standard InChI is InChI=1S/C14H22N2O3/c1-6-15-14(17)10(3)16-11-8-13(19-5)12(18-4)7-9(11)2/h7-8,10,16H,6H2,1-5H3,(H,15,17)/t10-/m0/s1. The molecule has 5 heteroatoms. The number of hydrogen-bond acceptors (Lipinski definition) is 4. The van der Waals surface area contributed by atoms with Crippen LogP contribution in [0.1, 0.15) is 19.4 Å². The summed E-state index contributed by atoms with van der Waals surface area (Å²) in [5.41, 5.74) is 1.85. The summed E-state index contributed by atoms with van der Waals surface area (Å²) in [6, 6.07) is 3.41. The Bertz CT molecular complexity index is 447. The highest BCUT2D eigenvalue weighted by molar-refractivity contribution is 5.84. The third-order valence-electron chi connectivity index (χ3n) is 2.85. The molecule has 0 unspecified atom stereocenters. The van der Waals surface area contributed by atoms with E-state index in [9.17, 15) is 4.79 Å². The molecule has 0 saturated heterocycles. The fourth-order valence-corrected chi connectivity index (χ4v) is 1.76. The quantitative estimate of drug-likeness (QED) is 0.826. The molecular weight excluding hydrogens is 244 g/mol. The Labute approximate surface area is 114 Å². The van der Waals surface area contributed by atoms with E-state index in [1.54, 1.807) is 14.2 Å². The van der Waals surface area contributed by atoms with E-state index in [-0.39, 0.29) is 11.9 Å². The molecule has 5 nitrogen and oxygen atoms in total. The van der Waals surface area contributed by atoms with Crippen LogP contribution < -0.4 is 20.1 Å². The van der Waals surface area contributed by atoms with Crippen molar-refractivity contribution < 1.29 is 14.3 Å². The molecular formula is C14H22N2O3. The molecule has 0 aromatic heterocycles. The van der Waals surface area contributed by atoms with E-state index < -0.39 is 0 Å². The molecule has 1 rings (SSSR count). The Kier molecular flexibility index (Phi) is 5.48. The third-order valence-corrected chi connectivity index (χ3v) is 2.85. The van der Waals surface area contributed by atoms with Gasteiger partial charge in [-0.2, -0.15) is 0 Å². The van der Waals surface area contributed by atoms with E-state index in [2.05, 4.69) is 10.6 Å². The Morgan fingerprint density at radius 1 is 1.26 bits per heavy atom. The molecule has 1 atom stereocenters. The summed E-state index contributed by atoms with van der Waals surface area (Å²) in [5.74, 6) is 1.28. The molecule has 2 N–H and O–H groups in total. The van der Waals surface area contributed by atoms with Gasteiger partial charge in [0.2, 0.25) is 5.91 Å². The van der Waals surface area contributed by atoms with Gasteiger partial charge in [0, 0.05) is 18.3 Å². The van der Waals surface area contributed by atoms with Crippen molar-refractivity contribution in [2.45, 2.75) is 26.8 Å². The van der Waals surface area contributed by atoms with E-state index in [1.165, 1.54) is 0 Å². The highest BCUT2D eigenvalue weighted by Crippen LogP contribution is 2.33. The maximum Gasteiger partial charge on any atom is 0.242 e. The van der Waals surface area contributed by atoms with Crippen LogP contribution in [0.4, 0.5) is 5.69 Å². The number of methoxy groups -OCH3 is 2. The Balaban J connectivity index is 2.92. The number of hydrogen-bond donors (Lipinski definition) is 2. The molecule has 0 bridgehead atoms. The molecule has 0 radical (unpaired) electrons. The largest absolute Gasteiger partial charge is 0.493 e. The number of ether oxygens (including phenoxy) is 2. The van der Waals surface area contributed by atoms with Crippen molar-refractivity contribution in [3.63, 3.8) is 0 Å². The maximum absolute atomic E-state index is 11.7. The fourth-order valence-electron chi connectivity index (χ4n) is 1.76. The number of carbonyl (C=O) groups excluding carboxylic acids is 1. The van der Waals surface area contributed by atoms with Crippen molar-refractivity contribution in [1.82, 2.24) is 5.32 Å². The van der Waals surface area contributed by atoms with Gasteiger partial charge in [0.1, 0.15) is 6.04 Å². The lowest BCUT2D eigenvalue weighted by atomic mass is 10.1. The first-order valence-corrected chi connectivity index (χ1v) is 6.30. The molecule has 0 aliphatic carbocycles. The summed E-state index contributed by atoms with van der Waals surface area (Å²) in [5, 5.41) is 5.95. The zero-order valence-electron chi connectivity index (χ0n) is 12.2. The molecule has 0 saturated carbocycles. The van der Waals surface area contributed by atoms with Crippen LogP contribution in [-0.2, 0) is 4.79 Å². The van der Waals surface area contributed by atoms with E-state index >= 15 is 0 Å². The van der Waals surface area contributed by atoms with Crippen LogP contribution in [0.2, 0.25) is 0 Å². The Hall–Kier alpha value is -1.91. The summed E-state index contributed by atoms with van der Waals surface area (Å²) in [4.78, 5) is 11.7. The molecule has 0 spiro atoms. The van der Waals surface area contributed by atoms with Gasteiger partial charge in [-0.15, -0.1) is 0 Å². The first-order chi connectivity index (χ1) is 9.03. The SMILES string of the molecule is CCNC(=O)[C@H](C)Nc1cc(OC)c(OC)cc1C. The Morgan fingerprint density at radius 2 is 1.84 bits per heavy atom. The molecule has 0 fully saturated rings. The lowest BCUT2D eigenvalue weighted by Gasteiger charge is -2.18.